The molecule has 0 atom stereocenters. The van der Waals surface area contributed by atoms with Crippen LogP contribution in [0.1, 0.15) is 55.4 Å². The molecule has 0 spiro atoms. The summed E-state index contributed by atoms with van der Waals surface area (Å²) in [6.45, 7) is 18.0. The Kier molecular flexibility index (Phi) is 7.97. The topological polar surface area (TPSA) is 27.7 Å². The minimum atomic E-state index is -2.19. The minimum absolute atomic E-state index is 0.464. The number of rotatable bonds is 8. The maximum atomic E-state index is 6.87. The first-order valence-corrected chi connectivity index (χ1v) is 13.0. The summed E-state index contributed by atoms with van der Waals surface area (Å²) >= 11 is 0. The maximum absolute atomic E-state index is 6.87. The molecule has 0 bridgehead atoms. The molecular weight excluding hydrogens is 304 g/mol. The SMILES string of the molecule is CC(C)[Si](O[SiH3])(O[Si](O[SiH3])(C(C)C)C(C)C)C(C)C. The predicted octanol–water partition coefficient (Wildman–Crippen LogP) is 2.12. The second-order valence-electron chi connectivity index (χ2n) is 6.57. The van der Waals surface area contributed by atoms with E-state index in [0.29, 0.717) is 22.2 Å². The van der Waals surface area contributed by atoms with Crippen LogP contribution in [0.3, 0.4) is 0 Å². The molecule has 0 aromatic heterocycles. The Hall–Kier alpha value is 0.748. The first-order chi connectivity index (χ1) is 8.60. The van der Waals surface area contributed by atoms with Crippen LogP contribution >= 0.6 is 0 Å². The van der Waals surface area contributed by atoms with E-state index in [2.05, 4.69) is 55.4 Å². The van der Waals surface area contributed by atoms with Gasteiger partial charge in [-0.15, -0.1) is 0 Å². The Balaban J connectivity index is 5.62. The molecule has 0 radical (unpaired) electrons. The van der Waals surface area contributed by atoms with Crippen molar-refractivity contribution in [2.75, 3.05) is 0 Å². The summed E-state index contributed by atoms with van der Waals surface area (Å²) in [5.41, 5.74) is 1.86. The van der Waals surface area contributed by atoms with Crippen molar-refractivity contribution in [2.45, 2.75) is 77.6 Å². The van der Waals surface area contributed by atoms with Crippen molar-refractivity contribution in [1.29, 1.82) is 0 Å². The second-order valence-corrected chi connectivity index (χ2v) is 18.2. The fourth-order valence-electron chi connectivity index (χ4n) is 3.08. The molecule has 0 rings (SSSR count). The van der Waals surface area contributed by atoms with Crippen LogP contribution in [0.5, 0.6) is 0 Å². The smallest absolute Gasteiger partial charge is 0.323 e. The summed E-state index contributed by atoms with van der Waals surface area (Å²) in [5.74, 6) is 0. The van der Waals surface area contributed by atoms with Crippen molar-refractivity contribution < 1.29 is 12.3 Å². The number of hydrogen-bond donors (Lipinski definition) is 0. The number of hydrogen-bond acceptors (Lipinski definition) is 3. The summed E-state index contributed by atoms with van der Waals surface area (Å²) in [7, 11) is -2.88. The van der Waals surface area contributed by atoms with Gasteiger partial charge in [0.05, 0.1) is 0 Å². The van der Waals surface area contributed by atoms with Gasteiger partial charge in [0.1, 0.15) is 21.0 Å². The lowest BCUT2D eigenvalue weighted by Crippen LogP contribution is -2.60. The van der Waals surface area contributed by atoms with Gasteiger partial charge >= 0.3 is 17.1 Å². The van der Waals surface area contributed by atoms with E-state index in [1.165, 1.54) is 0 Å². The van der Waals surface area contributed by atoms with Gasteiger partial charge in [0, 0.05) is 0 Å². The standard InChI is InChI=1S/C12H34O3Si4/c1-9(2)18(13-16,10(3)4)15-19(14-17,11(5)6)12(7)8/h9-12H,1-8,16-17H3. The fraction of sp³-hybridized carbons (Fsp3) is 1.00. The van der Waals surface area contributed by atoms with Crippen molar-refractivity contribution in [3.05, 3.63) is 0 Å². The van der Waals surface area contributed by atoms with Crippen molar-refractivity contribution in [2.24, 2.45) is 0 Å². The average molecular weight is 339 g/mol. The van der Waals surface area contributed by atoms with Gasteiger partial charge in [-0.1, -0.05) is 55.4 Å². The highest BCUT2D eigenvalue weighted by atomic mass is 28.5. The van der Waals surface area contributed by atoms with Crippen LogP contribution in [-0.2, 0) is 12.3 Å². The molecule has 0 amide bonds. The lowest BCUT2D eigenvalue weighted by atomic mass is 10.5. The molecule has 0 saturated heterocycles. The Morgan fingerprint density at radius 3 is 0.895 bits per heavy atom. The molecule has 116 valence electrons. The van der Waals surface area contributed by atoms with Crippen LogP contribution in [0, 0.1) is 0 Å². The summed E-state index contributed by atoms with van der Waals surface area (Å²) in [5, 5.41) is 0. The molecule has 19 heavy (non-hydrogen) atoms. The summed E-state index contributed by atoms with van der Waals surface area (Å²) < 4.78 is 19.2. The average Bonchev–Trinajstić information content (AvgIpc) is 2.29. The van der Waals surface area contributed by atoms with Gasteiger partial charge < -0.3 is 12.3 Å². The Morgan fingerprint density at radius 1 is 0.579 bits per heavy atom. The van der Waals surface area contributed by atoms with E-state index < -0.39 is 17.1 Å². The largest absolute Gasteiger partial charge is 0.445 e. The van der Waals surface area contributed by atoms with Gasteiger partial charge in [-0.25, -0.2) is 0 Å². The van der Waals surface area contributed by atoms with Gasteiger partial charge in [0.25, 0.3) is 0 Å². The molecule has 0 aromatic carbocycles. The lowest BCUT2D eigenvalue weighted by molar-refractivity contribution is 0.289. The van der Waals surface area contributed by atoms with Crippen molar-refractivity contribution in [1.82, 2.24) is 0 Å². The van der Waals surface area contributed by atoms with Crippen molar-refractivity contribution >= 4 is 38.1 Å². The second kappa shape index (κ2) is 7.67. The molecule has 0 aliphatic rings. The third-order valence-electron chi connectivity index (χ3n) is 4.18. The van der Waals surface area contributed by atoms with E-state index in [0.717, 1.165) is 21.0 Å². The molecule has 0 N–H and O–H groups in total. The molecule has 0 fully saturated rings. The van der Waals surface area contributed by atoms with E-state index in [4.69, 9.17) is 12.3 Å². The molecule has 0 unspecified atom stereocenters. The van der Waals surface area contributed by atoms with Crippen molar-refractivity contribution in [3.63, 3.8) is 0 Å². The van der Waals surface area contributed by atoms with Crippen LogP contribution in [0.25, 0.3) is 0 Å². The quantitative estimate of drug-likeness (QED) is 0.635. The zero-order chi connectivity index (χ0) is 15.4. The molecule has 0 aliphatic heterocycles. The normalized spacial score (nSPS) is 14.5. The molecule has 3 nitrogen and oxygen atoms in total. The highest BCUT2D eigenvalue weighted by Crippen LogP contribution is 2.43. The van der Waals surface area contributed by atoms with Gasteiger partial charge in [0.15, 0.2) is 0 Å². The Morgan fingerprint density at radius 2 is 0.789 bits per heavy atom. The molecular formula is C12H34O3Si4. The summed E-state index contributed by atoms with van der Waals surface area (Å²) in [6, 6.07) is 0. The van der Waals surface area contributed by atoms with Crippen LogP contribution < -0.4 is 0 Å². The molecule has 0 saturated carbocycles. The summed E-state index contributed by atoms with van der Waals surface area (Å²) in [6.07, 6.45) is 0. The zero-order valence-electron chi connectivity index (χ0n) is 14.5. The van der Waals surface area contributed by atoms with Gasteiger partial charge in [-0.05, 0) is 22.2 Å². The highest BCUT2D eigenvalue weighted by Gasteiger charge is 2.54. The van der Waals surface area contributed by atoms with Crippen LogP contribution in [0.15, 0.2) is 0 Å². The first kappa shape index (κ1) is 19.7. The third-order valence-corrected chi connectivity index (χ3v) is 18.3. The Labute approximate surface area is 128 Å². The lowest BCUT2D eigenvalue weighted by Gasteiger charge is -2.47. The predicted molar refractivity (Wildman–Crippen MR) is 95.0 cm³/mol. The van der Waals surface area contributed by atoms with Crippen LogP contribution in [0.2, 0.25) is 22.2 Å². The van der Waals surface area contributed by atoms with E-state index in [1.807, 2.05) is 0 Å². The zero-order valence-corrected chi connectivity index (χ0v) is 20.5. The van der Waals surface area contributed by atoms with E-state index in [9.17, 15) is 0 Å². The fourth-order valence-corrected chi connectivity index (χ4v) is 21.2. The van der Waals surface area contributed by atoms with Gasteiger partial charge in [-0.2, -0.15) is 0 Å². The van der Waals surface area contributed by atoms with Crippen LogP contribution in [-0.4, -0.2) is 38.1 Å². The minimum Gasteiger partial charge on any atom is -0.445 e. The molecule has 7 heteroatoms. The third kappa shape index (κ3) is 3.89. The van der Waals surface area contributed by atoms with E-state index in [-0.39, 0.29) is 0 Å². The van der Waals surface area contributed by atoms with Gasteiger partial charge in [0.2, 0.25) is 0 Å². The van der Waals surface area contributed by atoms with Crippen LogP contribution in [0.4, 0.5) is 0 Å². The highest BCUT2D eigenvalue weighted by molar-refractivity contribution is 6.85. The van der Waals surface area contributed by atoms with E-state index in [1.54, 1.807) is 0 Å². The van der Waals surface area contributed by atoms with E-state index >= 15 is 0 Å². The summed E-state index contributed by atoms with van der Waals surface area (Å²) in [4.78, 5) is 0. The first-order valence-electron chi connectivity index (χ1n) is 7.41. The monoisotopic (exact) mass is 338 g/mol. The molecule has 0 aromatic rings. The Bertz CT molecular complexity index is 228. The maximum Gasteiger partial charge on any atom is 0.323 e. The van der Waals surface area contributed by atoms with Gasteiger partial charge in [-0.3, -0.25) is 0 Å². The molecule has 0 heterocycles. The van der Waals surface area contributed by atoms with Crippen molar-refractivity contribution in [3.8, 4) is 0 Å². The molecule has 0 aliphatic carbocycles.